The summed E-state index contributed by atoms with van der Waals surface area (Å²) in [5.41, 5.74) is 0. The Bertz CT molecular complexity index is 205. The van der Waals surface area contributed by atoms with Crippen molar-refractivity contribution in [3.05, 3.63) is 0 Å². The van der Waals surface area contributed by atoms with Crippen molar-refractivity contribution in [1.82, 2.24) is 10.6 Å². The molecule has 18 heavy (non-hydrogen) atoms. The van der Waals surface area contributed by atoms with Gasteiger partial charge in [-0.3, -0.25) is 0 Å². The van der Waals surface area contributed by atoms with Crippen LogP contribution in [-0.4, -0.2) is 25.2 Å². The molecule has 2 heteroatoms. The highest BCUT2D eigenvalue weighted by Crippen LogP contribution is 2.26. The van der Waals surface area contributed by atoms with Crippen LogP contribution in [0.15, 0.2) is 0 Å². The maximum Gasteiger partial charge on any atom is 0.00959 e. The first kappa shape index (κ1) is 14.3. The molecule has 2 N–H and O–H groups in total. The topological polar surface area (TPSA) is 24.1 Å². The van der Waals surface area contributed by atoms with E-state index in [-0.39, 0.29) is 0 Å². The highest BCUT2D eigenvalue weighted by Gasteiger charge is 2.26. The van der Waals surface area contributed by atoms with Gasteiger partial charge in [0.25, 0.3) is 0 Å². The van der Waals surface area contributed by atoms with Crippen LogP contribution in [0, 0.1) is 5.92 Å². The van der Waals surface area contributed by atoms with Gasteiger partial charge >= 0.3 is 0 Å². The van der Waals surface area contributed by atoms with Gasteiger partial charge in [-0.15, -0.1) is 0 Å². The molecule has 106 valence electrons. The summed E-state index contributed by atoms with van der Waals surface area (Å²) >= 11 is 0. The summed E-state index contributed by atoms with van der Waals surface area (Å²) in [5.74, 6) is 0.917. The third-order valence-corrected chi connectivity index (χ3v) is 4.85. The number of nitrogens with one attached hydrogen (secondary N) is 2. The van der Waals surface area contributed by atoms with E-state index in [1.54, 1.807) is 0 Å². The second kappa shape index (κ2) is 8.16. The van der Waals surface area contributed by atoms with Crippen LogP contribution in [0.1, 0.15) is 71.1 Å². The number of rotatable bonds is 6. The molecule has 2 heterocycles. The first-order valence-electron chi connectivity index (χ1n) is 8.37. The SMILES string of the molecule is CCCCC(CC1CCCCN1)C1CCCCN1. The Morgan fingerprint density at radius 2 is 1.78 bits per heavy atom. The van der Waals surface area contributed by atoms with Crippen molar-refractivity contribution in [3.63, 3.8) is 0 Å². The number of hydrogen-bond acceptors (Lipinski definition) is 2. The molecule has 3 atom stereocenters. The number of unbranched alkanes of at least 4 members (excludes halogenated alkanes) is 1. The number of piperidine rings is 2. The average molecular weight is 252 g/mol. The minimum Gasteiger partial charge on any atom is -0.314 e. The highest BCUT2D eigenvalue weighted by atomic mass is 14.9. The quantitative estimate of drug-likeness (QED) is 0.756. The zero-order valence-electron chi connectivity index (χ0n) is 12.2. The lowest BCUT2D eigenvalue weighted by Crippen LogP contribution is -2.44. The molecular formula is C16H32N2. The Balaban J connectivity index is 1.82. The molecule has 2 saturated heterocycles. The molecule has 0 radical (unpaired) electrons. The van der Waals surface area contributed by atoms with E-state index in [2.05, 4.69) is 17.6 Å². The fourth-order valence-electron chi connectivity index (χ4n) is 3.72. The van der Waals surface area contributed by atoms with Gasteiger partial charge in [0, 0.05) is 12.1 Å². The van der Waals surface area contributed by atoms with Gasteiger partial charge in [0.05, 0.1) is 0 Å². The molecule has 0 bridgehead atoms. The van der Waals surface area contributed by atoms with E-state index in [9.17, 15) is 0 Å². The van der Waals surface area contributed by atoms with Crippen molar-refractivity contribution in [2.75, 3.05) is 13.1 Å². The first-order chi connectivity index (χ1) is 8.90. The van der Waals surface area contributed by atoms with Crippen LogP contribution in [0.5, 0.6) is 0 Å². The zero-order chi connectivity index (χ0) is 12.6. The highest BCUT2D eigenvalue weighted by molar-refractivity contribution is 4.84. The van der Waals surface area contributed by atoms with Crippen molar-refractivity contribution >= 4 is 0 Å². The Hall–Kier alpha value is -0.0800. The summed E-state index contributed by atoms with van der Waals surface area (Å²) in [6.07, 6.45) is 14.1. The molecule has 2 aliphatic rings. The fraction of sp³-hybridized carbons (Fsp3) is 1.00. The molecular weight excluding hydrogens is 220 g/mol. The molecule has 0 amide bonds. The Morgan fingerprint density at radius 3 is 2.39 bits per heavy atom. The van der Waals surface area contributed by atoms with Gasteiger partial charge in [-0.2, -0.15) is 0 Å². The summed E-state index contributed by atoms with van der Waals surface area (Å²) in [4.78, 5) is 0. The van der Waals surface area contributed by atoms with E-state index < -0.39 is 0 Å². The molecule has 3 unspecified atom stereocenters. The van der Waals surface area contributed by atoms with Gasteiger partial charge in [0.2, 0.25) is 0 Å². The van der Waals surface area contributed by atoms with Crippen molar-refractivity contribution in [2.24, 2.45) is 5.92 Å². The molecule has 0 aliphatic carbocycles. The smallest absolute Gasteiger partial charge is 0.00959 e. The second-order valence-corrected chi connectivity index (χ2v) is 6.34. The van der Waals surface area contributed by atoms with Gasteiger partial charge in [-0.1, -0.05) is 32.6 Å². The first-order valence-corrected chi connectivity index (χ1v) is 8.37. The summed E-state index contributed by atoms with van der Waals surface area (Å²) in [5, 5.41) is 7.53. The minimum absolute atomic E-state index is 0.810. The monoisotopic (exact) mass is 252 g/mol. The van der Waals surface area contributed by atoms with Crippen LogP contribution >= 0.6 is 0 Å². The molecule has 2 nitrogen and oxygen atoms in total. The molecule has 2 rings (SSSR count). The van der Waals surface area contributed by atoms with Crippen LogP contribution in [0.2, 0.25) is 0 Å². The lowest BCUT2D eigenvalue weighted by atomic mass is 9.82. The van der Waals surface area contributed by atoms with Crippen molar-refractivity contribution in [2.45, 2.75) is 83.2 Å². The summed E-state index contributed by atoms with van der Waals surface area (Å²) in [7, 11) is 0. The van der Waals surface area contributed by atoms with Crippen LogP contribution in [0.4, 0.5) is 0 Å². The van der Waals surface area contributed by atoms with Gasteiger partial charge in [-0.25, -0.2) is 0 Å². The summed E-state index contributed by atoms with van der Waals surface area (Å²) in [6.45, 7) is 4.83. The summed E-state index contributed by atoms with van der Waals surface area (Å²) in [6, 6.07) is 1.62. The van der Waals surface area contributed by atoms with Gasteiger partial charge < -0.3 is 10.6 Å². The zero-order valence-corrected chi connectivity index (χ0v) is 12.2. The largest absolute Gasteiger partial charge is 0.314 e. The van der Waals surface area contributed by atoms with Gasteiger partial charge in [0.1, 0.15) is 0 Å². The lowest BCUT2D eigenvalue weighted by Gasteiger charge is -2.35. The van der Waals surface area contributed by atoms with Crippen LogP contribution < -0.4 is 10.6 Å². The van der Waals surface area contributed by atoms with Crippen LogP contribution in [-0.2, 0) is 0 Å². The van der Waals surface area contributed by atoms with E-state index in [0.29, 0.717) is 0 Å². The van der Waals surface area contributed by atoms with Crippen molar-refractivity contribution in [1.29, 1.82) is 0 Å². The normalized spacial score (nSPS) is 31.2. The van der Waals surface area contributed by atoms with E-state index in [1.807, 2.05) is 0 Å². The molecule has 0 saturated carbocycles. The number of hydrogen-bond donors (Lipinski definition) is 2. The minimum atomic E-state index is 0.810. The molecule has 2 fully saturated rings. The van der Waals surface area contributed by atoms with Gasteiger partial charge in [-0.05, 0) is 57.5 Å². The predicted octanol–water partition coefficient (Wildman–Crippen LogP) is 3.47. The molecule has 0 aromatic carbocycles. The van der Waals surface area contributed by atoms with Crippen molar-refractivity contribution in [3.8, 4) is 0 Å². The fourth-order valence-corrected chi connectivity index (χ4v) is 3.72. The Morgan fingerprint density at radius 1 is 1.00 bits per heavy atom. The Labute approximate surface area is 113 Å². The lowest BCUT2D eigenvalue weighted by molar-refractivity contribution is 0.228. The van der Waals surface area contributed by atoms with Crippen molar-refractivity contribution < 1.29 is 0 Å². The van der Waals surface area contributed by atoms with Crippen LogP contribution in [0.3, 0.4) is 0 Å². The van der Waals surface area contributed by atoms with E-state index in [4.69, 9.17) is 0 Å². The molecule has 0 aromatic heterocycles. The predicted molar refractivity (Wildman–Crippen MR) is 78.9 cm³/mol. The second-order valence-electron chi connectivity index (χ2n) is 6.34. The van der Waals surface area contributed by atoms with E-state index in [1.165, 1.54) is 77.3 Å². The van der Waals surface area contributed by atoms with Gasteiger partial charge in [0.15, 0.2) is 0 Å². The third-order valence-electron chi connectivity index (χ3n) is 4.85. The maximum absolute atomic E-state index is 3.79. The Kier molecular flexibility index (Phi) is 6.50. The molecule has 2 aliphatic heterocycles. The van der Waals surface area contributed by atoms with E-state index in [0.717, 1.165) is 18.0 Å². The maximum atomic E-state index is 3.79. The summed E-state index contributed by atoms with van der Waals surface area (Å²) < 4.78 is 0. The molecule has 0 aromatic rings. The standard InChI is InChI=1S/C16H32N2/c1-2-3-8-14(16-10-5-7-12-18-16)13-15-9-4-6-11-17-15/h14-18H,2-13H2,1H3. The average Bonchev–Trinajstić information content (AvgIpc) is 2.45. The van der Waals surface area contributed by atoms with E-state index >= 15 is 0 Å². The molecule has 0 spiro atoms. The van der Waals surface area contributed by atoms with Crippen LogP contribution in [0.25, 0.3) is 0 Å². The third kappa shape index (κ3) is 4.55.